The first-order valence-electron chi connectivity index (χ1n) is 5.17. The average Bonchev–Trinajstić information content (AvgIpc) is 2.47. The zero-order valence-corrected chi connectivity index (χ0v) is 10.7. The van der Waals surface area contributed by atoms with Crippen LogP contribution >= 0.6 is 22.6 Å². The van der Waals surface area contributed by atoms with Crippen molar-refractivity contribution in [2.24, 2.45) is 21.7 Å². The van der Waals surface area contributed by atoms with Crippen LogP contribution in [-0.4, -0.2) is 25.9 Å². The van der Waals surface area contributed by atoms with E-state index in [1.807, 2.05) is 6.20 Å². The van der Waals surface area contributed by atoms with Gasteiger partial charge < -0.3 is 5.11 Å². The van der Waals surface area contributed by atoms with Crippen LogP contribution in [0.4, 0.5) is 0 Å². The molecule has 0 amide bonds. The Morgan fingerprint density at radius 2 is 2.25 bits per heavy atom. The first-order valence-corrected chi connectivity index (χ1v) is 6.25. The van der Waals surface area contributed by atoms with E-state index in [1.54, 1.807) is 12.4 Å². The highest BCUT2D eigenvalue weighted by Crippen LogP contribution is 2.41. The van der Waals surface area contributed by atoms with E-state index in [9.17, 15) is 5.11 Å². The number of amidine groups is 1. The van der Waals surface area contributed by atoms with Gasteiger partial charge in [0.05, 0.1) is 41.1 Å². The fraction of sp³-hybridized carbons (Fsp3) is 0.400. The number of halogens is 1. The lowest BCUT2D eigenvalue weighted by atomic mass is 9.79. The van der Waals surface area contributed by atoms with E-state index in [2.05, 4.69) is 32.6 Å². The summed E-state index contributed by atoms with van der Waals surface area (Å²) in [5.41, 5.74) is 1.93. The number of rotatable bonds is 1. The molecule has 1 saturated carbocycles. The van der Waals surface area contributed by atoms with E-state index in [4.69, 9.17) is 5.84 Å². The number of aliphatic hydroxyl groups is 1. The van der Waals surface area contributed by atoms with Crippen molar-refractivity contribution in [3.8, 4) is 0 Å². The highest BCUT2D eigenvalue weighted by Gasteiger charge is 2.46. The predicted molar refractivity (Wildman–Crippen MR) is 69.3 cm³/mol. The van der Waals surface area contributed by atoms with Gasteiger partial charge in [-0.1, -0.05) is 0 Å². The predicted octanol–water partition coefficient (Wildman–Crippen LogP) is 1.02. The van der Waals surface area contributed by atoms with Crippen LogP contribution in [-0.2, 0) is 0 Å². The Labute approximate surface area is 107 Å². The van der Waals surface area contributed by atoms with Crippen molar-refractivity contribution in [2.75, 3.05) is 0 Å². The molecule has 3 aliphatic rings. The van der Waals surface area contributed by atoms with Crippen LogP contribution in [0.25, 0.3) is 0 Å². The van der Waals surface area contributed by atoms with E-state index in [0.29, 0.717) is 5.92 Å². The summed E-state index contributed by atoms with van der Waals surface area (Å²) in [4.78, 5) is 8.65. The number of allylic oxidation sites excluding steroid dienone is 2. The molecule has 0 spiro atoms. The Kier molecular flexibility index (Phi) is 2.29. The molecule has 1 atom stereocenters. The number of hydrogen-bond acceptors (Lipinski definition) is 4. The molecule has 0 saturated heterocycles. The summed E-state index contributed by atoms with van der Waals surface area (Å²) in [6.45, 7) is 0. The van der Waals surface area contributed by atoms with Crippen molar-refractivity contribution >= 4 is 32.6 Å². The number of aliphatic imine (C=N–C) groups is 2. The van der Waals surface area contributed by atoms with Gasteiger partial charge in [0.2, 0.25) is 5.70 Å². The Morgan fingerprint density at radius 3 is 2.94 bits per heavy atom. The molecule has 16 heavy (non-hydrogen) atoms. The van der Waals surface area contributed by atoms with Crippen LogP contribution in [0.2, 0.25) is 0 Å². The first kappa shape index (κ1) is 10.6. The minimum atomic E-state index is -0.178. The summed E-state index contributed by atoms with van der Waals surface area (Å²) in [5, 5.41) is 9.35. The Balaban J connectivity index is 2.01. The third-order valence-electron chi connectivity index (χ3n) is 3.26. The third-order valence-corrected chi connectivity index (χ3v) is 4.30. The fourth-order valence-electron chi connectivity index (χ4n) is 2.20. The van der Waals surface area contributed by atoms with Gasteiger partial charge in [0.1, 0.15) is 11.9 Å². The molecule has 0 bridgehead atoms. The maximum atomic E-state index is 9.35. The van der Waals surface area contributed by atoms with E-state index >= 15 is 0 Å². The number of fused-ring (bicyclic) bond motifs is 1. The van der Waals surface area contributed by atoms with Crippen LogP contribution in [0, 0.1) is 5.92 Å². The molecule has 0 aromatic rings. The summed E-state index contributed by atoms with van der Waals surface area (Å²) in [7, 11) is 0. The standard InChI is InChI=1S/C10H12IN4O/c11-10-14-9(6-3-7(16)4-6)8-5-13-1-2-15(8,10)12/h1-2,5-7,16H,3-4,12H2/q+1. The fourth-order valence-corrected chi connectivity index (χ4v) is 2.88. The van der Waals surface area contributed by atoms with Crippen LogP contribution < -0.4 is 5.84 Å². The highest BCUT2D eigenvalue weighted by molar-refractivity contribution is 14.1. The van der Waals surface area contributed by atoms with Gasteiger partial charge in [-0.3, -0.25) is 4.99 Å². The monoisotopic (exact) mass is 331 g/mol. The number of quaternary nitrogens is 1. The van der Waals surface area contributed by atoms with Gasteiger partial charge in [0.25, 0.3) is 3.84 Å². The number of hydrogen-bond donors (Lipinski definition) is 2. The normalized spacial score (nSPS) is 40.8. The van der Waals surface area contributed by atoms with E-state index in [1.165, 1.54) is 0 Å². The number of nitrogens with two attached hydrogens (primary N) is 1. The smallest absolute Gasteiger partial charge is 0.293 e. The van der Waals surface area contributed by atoms with E-state index in [-0.39, 0.29) is 10.7 Å². The molecule has 5 nitrogen and oxygen atoms in total. The Morgan fingerprint density at radius 1 is 1.50 bits per heavy atom. The first-order chi connectivity index (χ1) is 7.61. The molecule has 3 rings (SSSR count). The van der Waals surface area contributed by atoms with Gasteiger partial charge in [-0.25, -0.2) is 0 Å². The van der Waals surface area contributed by atoms with Gasteiger partial charge in [-0.05, 0) is 12.8 Å². The number of nitrogens with zero attached hydrogens (tertiary/aromatic N) is 3. The van der Waals surface area contributed by atoms with Gasteiger partial charge in [-0.15, -0.1) is 4.59 Å². The molecule has 84 valence electrons. The summed E-state index contributed by atoms with van der Waals surface area (Å²) in [6, 6.07) is 0. The number of aliphatic hydroxyl groups excluding tert-OH is 1. The zero-order valence-electron chi connectivity index (χ0n) is 8.55. The molecular formula is C10H12IN4O+. The summed E-state index contributed by atoms with van der Waals surface area (Å²) >= 11 is 2.16. The minimum absolute atomic E-state index is 0.131. The second-order valence-electron chi connectivity index (χ2n) is 4.33. The molecule has 2 heterocycles. The molecule has 3 N–H and O–H groups in total. The maximum absolute atomic E-state index is 9.35. The molecule has 1 aliphatic carbocycles. The van der Waals surface area contributed by atoms with Gasteiger partial charge >= 0.3 is 0 Å². The van der Waals surface area contributed by atoms with Crippen LogP contribution in [0.1, 0.15) is 12.8 Å². The second-order valence-corrected chi connectivity index (χ2v) is 5.29. The lowest BCUT2D eigenvalue weighted by molar-refractivity contribution is -0.745. The molecule has 1 fully saturated rings. The van der Waals surface area contributed by atoms with Crippen molar-refractivity contribution < 1.29 is 9.70 Å². The average molecular weight is 331 g/mol. The van der Waals surface area contributed by atoms with E-state index in [0.717, 1.165) is 28.1 Å². The van der Waals surface area contributed by atoms with Gasteiger partial charge in [0, 0.05) is 5.92 Å². The van der Waals surface area contributed by atoms with E-state index < -0.39 is 0 Å². The molecule has 1 unspecified atom stereocenters. The molecule has 0 radical (unpaired) electrons. The molecule has 0 aromatic heterocycles. The van der Waals surface area contributed by atoms with Crippen LogP contribution in [0.5, 0.6) is 0 Å². The minimum Gasteiger partial charge on any atom is -0.393 e. The molecule has 0 aromatic carbocycles. The van der Waals surface area contributed by atoms with Gasteiger partial charge in [-0.2, -0.15) is 10.8 Å². The quantitative estimate of drug-likeness (QED) is 0.326. The lowest BCUT2D eigenvalue weighted by Crippen LogP contribution is -2.50. The Hall–Kier alpha value is -0.570. The second kappa shape index (κ2) is 3.46. The van der Waals surface area contributed by atoms with Crippen molar-refractivity contribution in [1.82, 2.24) is 0 Å². The van der Waals surface area contributed by atoms with Crippen molar-refractivity contribution in [3.63, 3.8) is 0 Å². The van der Waals surface area contributed by atoms with Crippen LogP contribution in [0.15, 0.2) is 33.8 Å². The third kappa shape index (κ3) is 1.33. The summed E-state index contributed by atoms with van der Waals surface area (Å²) < 4.78 is 0.956. The van der Waals surface area contributed by atoms with Crippen molar-refractivity contribution in [1.29, 1.82) is 0 Å². The van der Waals surface area contributed by atoms with Crippen molar-refractivity contribution in [3.05, 3.63) is 23.8 Å². The highest BCUT2D eigenvalue weighted by atomic mass is 127. The summed E-state index contributed by atoms with van der Waals surface area (Å²) in [5.74, 6) is 6.58. The lowest BCUT2D eigenvalue weighted by Gasteiger charge is -2.31. The largest absolute Gasteiger partial charge is 0.393 e. The van der Waals surface area contributed by atoms with Crippen LogP contribution in [0.3, 0.4) is 0 Å². The molecule has 2 aliphatic heterocycles. The Bertz CT molecular complexity index is 461. The van der Waals surface area contributed by atoms with Crippen molar-refractivity contribution in [2.45, 2.75) is 18.9 Å². The molecular weight excluding hydrogens is 319 g/mol. The van der Waals surface area contributed by atoms with Gasteiger partial charge in [0.15, 0.2) is 0 Å². The zero-order chi connectivity index (χ0) is 11.3. The topological polar surface area (TPSA) is 71.0 Å². The molecule has 6 heteroatoms. The SMILES string of the molecule is N[N+]12C=CN=CC1=C(C1CC(O)C1)N=C2I. The summed E-state index contributed by atoms with van der Waals surface area (Å²) in [6.07, 6.45) is 6.67. The maximum Gasteiger partial charge on any atom is 0.293 e.